The van der Waals surface area contributed by atoms with E-state index in [1.165, 1.54) is 12.8 Å². The van der Waals surface area contributed by atoms with Crippen molar-refractivity contribution in [2.45, 2.75) is 18.9 Å². The van der Waals surface area contributed by atoms with Crippen LogP contribution >= 0.6 is 27.5 Å². The molecule has 1 fully saturated rings. The fraction of sp³-hybridized carbons (Fsp3) is 0.333. The number of hydrogen-bond acceptors (Lipinski definition) is 1. The third-order valence-corrected chi connectivity index (χ3v) is 2.95. The van der Waals surface area contributed by atoms with E-state index in [4.69, 9.17) is 16.3 Å². The molecule has 1 aromatic carbocycles. The predicted molar refractivity (Wildman–Crippen MR) is 52.8 cm³/mol. The zero-order valence-electron chi connectivity index (χ0n) is 6.39. The maximum absolute atomic E-state index is 5.89. The molecule has 12 heavy (non-hydrogen) atoms. The van der Waals surface area contributed by atoms with E-state index in [9.17, 15) is 0 Å². The molecule has 64 valence electrons. The lowest BCUT2D eigenvalue weighted by atomic mass is 10.3. The molecule has 0 unspecified atom stereocenters. The maximum Gasteiger partial charge on any atom is 0.121 e. The number of halogens is 2. The Labute approximate surface area is 84.8 Å². The predicted octanol–water partition coefficient (Wildman–Crippen LogP) is 3.64. The molecular weight excluding hydrogens is 239 g/mol. The van der Waals surface area contributed by atoms with E-state index in [1.54, 1.807) is 0 Å². The molecule has 0 radical (unpaired) electrons. The summed E-state index contributed by atoms with van der Waals surface area (Å²) in [5.74, 6) is 0.866. The van der Waals surface area contributed by atoms with Crippen molar-refractivity contribution in [3.05, 3.63) is 27.7 Å². The van der Waals surface area contributed by atoms with E-state index in [1.807, 2.05) is 18.2 Å². The zero-order valence-corrected chi connectivity index (χ0v) is 8.73. The molecule has 0 saturated heterocycles. The molecule has 1 saturated carbocycles. The van der Waals surface area contributed by atoms with Crippen molar-refractivity contribution < 1.29 is 4.74 Å². The molecule has 1 nitrogen and oxygen atoms in total. The molecule has 0 aliphatic heterocycles. The van der Waals surface area contributed by atoms with Gasteiger partial charge in [0.05, 0.1) is 11.1 Å². The molecule has 1 aromatic rings. The molecule has 0 amide bonds. The van der Waals surface area contributed by atoms with Crippen molar-refractivity contribution in [1.82, 2.24) is 0 Å². The summed E-state index contributed by atoms with van der Waals surface area (Å²) in [6, 6.07) is 5.66. The highest BCUT2D eigenvalue weighted by Gasteiger charge is 2.23. The van der Waals surface area contributed by atoms with E-state index in [0.29, 0.717) is 11.1 Å². The number of hydrogen-bond donors (Lipinski definition) is 0. The number of rotatable bonds is 2. The van der Waals surface area contributed by atoms with Crippen LogP contribution in [0, 0.1) is 0 Å². The van der Waals surface area contributed by atoms with E-state index in [0.717, 1.165) is 10.2 Å². The summed E-state index contributed by atoms with van der Waals surface area (Å²) in [6.45, 7) is 0. The molecule has 1 aliphatic carbocycles. The van der Waals surface area contributed by atoms with E-state index in [2.05, 4.69) is 15.9 Å². The van der Waals surface area contributed by atoms with Gasteiger partial charge in [-0.25, -0.2) is 0 Å². The Morgan fingerprint density at radius 1 is 1.42 bits per heavy atom. The summed E-state index contributed by atoms with van der Waals surface area (Å²) < 4.78 is 6.47. The van der Waals surface area contributed by atoms with Gasteiger partial charge in [-0.1, -0.05) is 11.6 Å². The van der Waals surface area contributed by atoms with Crippen LogP contribution in [0.3, 0.4) is 0 Å². The number of benzene rings is 1. The number of ether oxygens (including phenoxy) is 1. The van der Waals surface area contributed by atoms with Crippen LogP contribution < -0.4 is 4.74 Å². The van der Waals surface area contributed by atoms with Gasteiger partial charge in [-0.3, -0.25) is 0 Å². The monoisotopic (exact) mass is 246 g/mol. The Morgan fingerprint density at radius 2 is 2.17 bits per heavy atom. The molecule has 0 aromatic heterocycles. The minimum absolute atomic E-state index is 0.433. The fourth-order valence-corrected chi connectivity index (χ4v) is 1.35. The molecule has 0 heterocycles. The lowest BCUT2D eigenvalue weighted by Gasteiger charge is -2.04. The van der Waals surface area contributed by atoms with Crippen molar-refractivity contribution in [3.8, 4) is 5.75 Å². The van der Waals surface area contributed by atoms with Gasteiger partial charge in [0, 0.05) is 4.47 Å². The highest BCUT2D eigenvalue weighted by Crippen LogP contribution is 2.31. The molecule has 1 aliphatic rings. The lowest BCUT2D eigenvalue weighted by molar-refractivity contribution is 0.303. The van der Waals surface area contributed by atoms with Crippen molar-refractivity contribution >= 4 is 27.5 Å². The van der Waals surface area contributed by atoms with Crippen LogP contribution in [0.25, 0.3) is 0 Å². The first-order valence-corrected chi connectivity index (χ1v) is 5.04. The SMILES string of the molecule is Clc1cc(OC2CC2)ccc1Br. The molecule has 0 atom stereocenters. The first-order chi connectivity index (χ1) is 5.75. The highest BCUT2D eigenvalue weighted by molar-refractivity contribution is 9.10. The molecule has 3 heteroatoms. The van der Waals surface area contributed by atoms with Crippen LogP contribution in [-0.4, -0.2) is 6.10 Å². The minimum atomic E-state index is 0.433. The molecular formula is C9H8BrClO. The van der Waals surface area contributed by atoms with Gasteiger partial charge in [0.15, 0.2) is 0 Å². The summed E-state index contributed by atoms with van der Waals surface area (Å²) in [7, 11) is 0. The summed E-state index contributed by atoms with van der Waals surface area (Å²) in [5.41, 5.74) is 0. The van der Waals surface area contributed by atoms with Crippen LogP contribution in [0.4, 0.5) is 0 Å². The smallest absolute Gasteiger partial charge is 0.121 e. The van der Waals surface area contributed by atoms with E-state index < -0.39 is 0 Å². The Morgan fingerprint density at radius 3 is 2.75 bits per heavy atom. The second-order valence-electron chi connectivity index (χ2n) is 2.89. The summed E-state index contributed by atoms with van der Waals surface area (Å²) in [6.07, 6.45) is 2.78. The van der Waals surface area contributed by atoms with Gasteiger partial charge in [0.1, 0.15) is 5.75 Å². The third-order valence-electron chi connectivity index (χ3n) is 1.72. The van der Waals surface area contributed by atoms with Crippen molar-refractivity contribution in [2.24, 2.45) is 0 Å². The minimum Gasteiger partial charge on any atom is -0.490 e. The first-order valence-electron chi connectivity index (χ1n) is 3.87. The van der Waals surface area contributed by atoms with Gasteiger partial charge in [-0.05, 0) is 47.0 Å². The maximum atomic E-state index is 5.89. The molecule has 0 bridgehead atoms. The van der Waals surface area contributed by atoms with Gasteiger partial charge < -0.3 is 4.74 Å². The second kappa shape index (κ2) is 3.27. The Bertz CT molecular complexity index is 297. The van der Waals surface area contributed by atoms with E-state index in [-0.39, 0.29) is 0 Å². The summed E-state index contributed by atoms with van der Waals surface area (Å²) >= 11 is 9.21. The van der Waals surface area contributed by atoms with Gasteiger partial charge in [-0.2, -0.15) is 0 Å². The lowest BCUT2D eigenvalue weighted by Crippen LogP contribution is -1.95. The van der Waals surface area contributed by atoms with Gasteiger partial charge in [-0.15, -0.1) is 0 Å². The van der Waals surface area contributed by atoms with Crippen molar-refractivity contribution in [3.63, 3.8) is 0 Å². The third kappa shape index (κ3) is 1.93. The average molecular weight is 248 g/mol. The van der Waals surface area contributed by atoms with Crippen molar-refractivity contribution in [2.75, 3.05) is 0 Å². The average Bonchev–Trinajstić information content (AvgIpc) is 2.81. The van der Waals surface area contributed by atoms with Crippen LogP contribution in [-0.2, 0) is 0 Å². The van der Waals surface area contributed by atoms with Gasteiger partial charge in [0.25, 0.3) is 0 Å². The largest absolute Gasteiger partial charge is 0.490 e. The molecule has 2 rings (SSSR count). The van der Waals surface area contributed by atoms with Crippen molar-refractivity contribution in [1.29, 1.82) is 0 Å². The van der Waals surface area contributed by atoms with Crippen LogP contribution in [0.5, 0.6) is 5.75 Å². The highest BCUT2D eigenvalue weighted by atomic mass is 79.9. The Kier molecular flexibility index (Phi) is 2.28. The Balaban J connectivity index is 2.15. The zero-order chi connectivity index (χ0) is 8.55. The normalized spacial score (nSPS) is 16.2. The topological polar surface area (TPSA) is 9.23 Å². The van der Waals surface area contributed by atoms with Crippen LogP contribution in [0.2, 0.25) is 5.02 Å². The molecule has 0 N–H and O–H groups in total. The van der Waals surface area contributed by atoms with Gasteiger partial charge >= 0.3 is 0 Å². The second-order valence-corrected chi connectivity index (χ2v) is 4.15. The first kappa shape index (κ1) is 8.39. The van der Waals surface area contributed by atoms with E-state index >= 15 is 0 Å². The van der Waals surface area contributed by atoms with Crippen LogP contribution in [0.15, 0.2) is 22.7 Å². The van der Waals surface area contributed by atoms with Crippen LogP contribution in [0.1, 0.15) is 12.8 Å². The Hall–Kier alpha value is -0.210. The molecule has 0 spiro atoms. The van der Waals surface area contributed by atoms with Gasteiger partial charge in [0.2, 0.25) is 0 Å². The quantitative estimate of drug-likeness (QED) is 0.775. The summed E-state index contributed by atoms with van der Waals surface area (Å²) in [4.78, 5) is 0. The fourth-order valence-electron chi connectivity index (χ4n) is 0.929. The standard InChI is InChI=1S/C9H8BrClO/c10-8-4-3-7(5-9(8)11)12-6-1-2-6/h3-6H,1-2H2. The summed E-state index contributed by atoms with van der Waals surface area (Å²) in [5, 5.41) is 0.702.